The van der Waals surface area contributed by atoms with Crippen LogP contribution in [-0.2, 0) is 62.3 Å². The van der Waals surface area contributed by atoms with Gasteiger partial charge in [0.05, 0.1) is 17.0 Å². The Morgan fingerprint density at radius 3 is 1.34 bits per heavy atom. The van der Waals surface area contributed by atoms with Gasteiger partial charge in [-0.1, -0.05) is 84.9 Å². The summed E-state index contributed by atoms with van der Waals surface area (Å²) in [5.41, 5.74) is 8.68. The van der Waals surface area contributed by atoms with E-state index in [0.29, 0.717) is 51.3 Å². The Morgan fingerprint density at radius 1 is 0.612 bits per heavy atom. The monoisotopic (exact) mass is 964 g/mol. The van der Waals surface area contributed by atoms with Crippen molar-refractivity contribution < 1.29 is 60.1 Å². The summed E-state index contributed by atoms with van der Waals surface area (Å²) in [6.07, 6.45) is 1.32. The van der Waals surface area contributed by atoms with E-state index in [-0.39, 0.29) is 66.8 Å². The third-order valence-electron chi connectivity index (χ3n) is 10.7. The topological polar surface area (TPSA) is 187 Å². The zero-order valence-corrected chi connectivity index (χ0v) is 40.4. The Morgan fingerprint density at radius 2 is 0.985 bits per heavy atom. The van der Waals surface area contributed by atoms with Gasteiger partial charge in [-0.15, -0.1) is 0 Å². The Bertz CT molecular complexity index is 2200. The third-order valence-corrected chi connectivity index (χ3v) is 10.7. The molecule has 4 amide bonds. The minimum absolute atomic E-state index is 0. The van der Waals surface area contributed by atoms with Crippen LogP contribution in [-0.4, -0.2) is 98.4 Å². The summed E-state index contributed by atoms with van der Waals surface area (Å²) in [7, 11) is 0. The number of nitrogens with zero attached hydrogens (tertiary/aromatic N) is 5. The van der Waals surface area contributed by atoms with Crippen molar-refractivity contribution >= 4 is 35.7 Å². The van der Waals surface area contributed by atoms with Crippen LogP contribution in [0.2, 0.25) is 0 Å². The molecule has 4 aromatic rings. The minimum atomic E-state index is -0.687. The first-order valence-electron chi connectivity index (χ1n) is 22.3. The number of nitrogen functional groups attached to an aromatic ring is 1. The number of non-ortho nitro benzene ring substituents is 1. The second-order valence-corrected chi connectivity index (χ2v) is 18.4. The van der Waals surface area contributed by atoms with Crippen molar-refractivity contribution in [3.8, 4) is 0 Å². The van der Waals surface area contributed by atoms with Crippen molar-refractivity contribution in [2.45, 2.75) is 117 Å². The number of nitrogens with two attached hydrogens (primary N) is 1. The van der Waals surface area contributed by atoms with Gasteiger partial charge in [-0.05, 0) is 102 Å². The number of benzene rings is 4. The second-order valence-electron chi connectivity index (χ2n) is 18.4. The molecule has 362 valence electrons. The molecule has 2 fully saturated rings. The molecule has 16 nitrogen and oxygen atoms in total. The average molecular weight is 965 g/mol. The summed E-state index contributed by atoms with van der Waals surface area (Å²) in [6, 6.07) is 32.1. The number of carbonyl (C=O) groups excluding carboxylic acids is 4. The molecule has 2 saturated heterocycles. The van der Waals surface area contributed by atoms with Crippen molar-refractivity contribution in [3.05, 3.63) is 142 Å². The number of rotatable bonds is 11. The number of hydrogen-bond acceptors (Lipinski definition) is 11. The molecule has 0 saturated carbocycles. The standard InChI is InChI=1S/C25H31N3O6.C25H33N3O4.Fe/c1-25(2,3)34-24(30)27(16-19-11-13-21(14-12-19)28(31)32)22-10-7-15-26(17-22)23(29)33-18-20-8-5-4-6-9-20;1-25(2,3)32-24(30)28(16-19-11-13-21(26)14-12-19)22-10-7-15-27(17-22)23(29)31-18-20-8-5-4-6-9-20;/h4-6,8-9,11-14,22H,7,10,15-18H2,1-3H3;4-6,8-9,11-14,22H,7,10,15-18,26H2,1-3H3;/t2*22-;/m11./s1. The van der Waals surface area contributed by atoms with E-state index in [1.807, 2.05) is 106 Å². The molecule has 0 aromatic heterocycles. The van der Waals surface area contributed by atoms with Gasteiger partial charge in [-0.25, -0.2) is 19.2 Å². The van der Waals surface area contributed by atoms with Gasteiger partial charge in [0.2, 0.25) is 0 Å². The van der Waals surface area contributed by atoms with E-state index < -0.39 is 28.3 Å². The number of amides is 4. The predicted octanol–water partition coefficient (Wildman–Crippen LogP) is 9.94. The van der Waals surface area contributed by atoms with E-state index in [1.165, 1.54) is 12.1 Å². The first-order chi connectivity index (χ1) is 31.3. The molecule has 2 aliphatic heterocycles. The zero-order valence-electron chi connectivity index (χ0n) is 39.3. The zero-order chi connectivity index (χ0) is 47.9. The van der Waals surface area contributed by atoms with E-state index in [0.717, 1.165) is 35.1 Å². The predicted molar refractivity (Wildman–Crippen MR) is 250 cm³/mol. The van der Waals surface area contributed by atoms with Gasteiger partial charge in [-0.2, -0.15) is 0 Å². The molecule has 0 radical (unpaired) electrons. The van der Waals surface area contributed by atoms with Crippen LogP contribution >= 0.6 is 0 Å². The first kappa shape index (κ1) is 53.3. The van der Waals surface area contributed by atoms with Gasteiger partial charge in [0.15, 0.2) is 0 Å². The molecule has 2 atom stereocenters. The van der Waals surface area contributed by atoms with E-state index >= 15 is 0 Å². The third kappa shape index (κ3) is 17.8. The number of anilines is 1. The molecular formula is C50H64FeN6O10. The number of hydrogen-bond donors (Lipinski definition) is 1. The van der Waals surface area contributed by atoms with Gasteiger partial charge in [0.1, 0.15) is 24.4 Å². The van der Waals surface area contributed by atoms with Crippen molar-refractivity contribution in [1.29, 1.82) is 0 Å². The van der Waals surface area contributed by atoms with Gasteiger partial charge < -0.3 is 34.5 Å². The summed E-state index contributed by atoms with van der Waals surface area (Å²) < 4.78 is 22.3. The minimum Gasteiger partial charge on any atom is -0.445 e. The molecule has 6 rings (SSSR count). The molecule has 2 heterocycles. The molecule has 67 heavy (non-hydrogen) atoms. The molecule has 0 bridgehead atoms. The van der Waals surface area contributed by atoms with Crippen LogP contribution in [0.1, 0.15) is 89.5 Å². The number of nitro groups is 1. The van der Waals surface area contributed by atoms with Crippen LogP contribution in [0.4, 0.5) is 30.6 Å². The Kier molecular flexibility index (Phi) is 19.9. The molecule has 0 aliphatic carbocycles. The molecule has 2 N–H and O–H groups in total. The van der Waals surface area contributed by atoms with E-state index in [1.54, 1.807) is 52.5 Å². The van der Waals surface area contributed by atoms with Crippen LogP contribution in [0.3, 0.4) is 0 Å². The van der Waals surface area contributed by atoms with Gasteiger partial charge in [0.25, 0.3) is 5.69 Å². The SMILES string of the molecule is CC(C)(C)OC(=O)N(Cc1ccc(N)cc1)[C@@H]1CCCN(C(=O)OCc2ccccc2)C1.CC(C)(C)OC(=O)N(Cc1ccc([N+](=O)[O-])cc1)[C@@H]1CCCN(C(=O)OCc2ccccc2)C1.[Fe]. The maximum absolute atomic E-state index is 13.1. The molecule has 4 aromatic carbocycles. The largest absolute Gasteiger partial charge is 0.445 e. The average Bonchev–Trinajstić information content (AvgIpc) is 3.29. The van der Waals surface area contributed by atoms with E-state index in [2.05, 4.69) is 0 Å². The van der Waals surface area contributed by atoms with Crippen molar-refractivity contribution in [2.24, 2.45) is 0 Å². The Labute approximate surface area is 404 Å². The van der Waals surface area contributed by atoms with Crippen LogP contribution in [0.5, 0.6) is 0 Å². The fourth-order valence-electron chi connectivity index (χ4n) is 7.44. The molecule has 17 heteroatoms. The van der Waals surface area contributed by atoms with Gasteiger partial charge in [-0.3, -0.25) is 19.9 Å². The fourth-order valence-corrected chi connectivity index (χ4v) is 7.44. The van der Waals surface area contributed by atoms with Crippen LogP contribution < -0.4 is 5.73 Å². The van der Waals surface area contributed by atoms with Crippen molar-refractivity contribution in [3.63, 3.8) is 0 Å². The smallest absolute Gasteiger partial charge is 0.410 e. The van der Waals surface area contributed by atoms with Crippen LogP contribution in [0.15, 0.2) is 109 Å². The quantitative estimate of drug-likeness (QED) is 0.0496. The van der Waals surface area contributed by atoms with Crippen molar-refractivity contribution in [2.75, 3.05) is 31.9 Å². The number of ether oxygens (including phenoxy) is 4. The molecule has 2 aliphatic rings. The molecule has 0 unspecified atom stereocenters. The molecular weight excluding hydrogens is 900 g/mol. The van der Waals surface area contributed by atoms with E-state index in [4.69, 9.17) is 24.7 Å². The summed E-state index contributed by atoms with van der Waals surface area (Å²) in [5, 5.41) is 11.0. The Balaban J connectivity index is 0.000000289. The summed E-state index contributed by atoms with van der Waals surface area (Å²) in [6.45, 7) is 13.8. The normalized spacial score (nSPS) is 15.9. The number of carbonyl (C=O) groups is 4. The van der Waals surface area contributed by atoms with E-state index in [9.17, 15) is 29.3 Å². The number of likely N-dealkylation sites (tertiary alicyclic amines) is 2. The van der Waals surface area contributed by atoms with Crippen molar-refractivity contribution in [1.82, 2.24) is 19.6 Å². The number of nitro benzene ring substituents is 1. The first-order valence-corrected chi connectivity index (χ1v) is 22.3. The second kappa shape index (κ2) is 25.0. The fraction of sp³-hybridized carbons (Fsp3) is 0.440. The van der Waals surface area contributed by atoms with Gasteiger partial charge >= 0.3 is 24.4 Å². The summed E-state index contributed by atoms with van der Waals surface area (Å²) in [4.78, 5) is 68.6. The Hall–Kier alpha value is -6.32. The van der Waals surface area contributed by atoms with Crippen LogP contribution in [0, 0.1) is 10.1 Å². The van der Waals surface area contributed by atoms with Gasteiger partial charge in [0, 0.05) is 74.2 Å². The maximum atomic E-state index is 13.1. The number of piperidine rings is 2. The van der Waals surface area contributed by atoms with Crippen LogP contribution in [0.25, 0.3) is 0 Å². The summed E-state index contributed by atoms with van der Waals surface area (Å²) in [5.74, 6) is 0. The summed E-state index contributed by atoms with van der Waals surface area (Å²) >= 11 is 0. The maximum Gasteiger partial charge on any atom is 0.410 e. The molecule has 0 spiro atoms.